The summed E-state index contributed by atoms with van der Waals surface area (Å²) in [6.45, 7) is 10.9. The molecule has 0 radical (unpaired) electrons. The number of nitrogens with zero attached hydrogens (tertiary/aromatic N) is 6. The predicted molar refractivity (Wildman–Crippen MR) is 159 cm³/mol. The van der Waals surface area contributed by atoms with Crippen molar-refractivity contribution in [2.75, 3.05) is 63.5 Å². The van der Waals surface area contributed by atoms with Gasteiger partial charge in [-0.15, -0.1) is 0 Å². The maximum Gasteiger partial charge on any atom is 0.257 e. The van der Waals surface area contributed by atoms with E-state index in [9.17, 15) is 18.0 Å². The van der Waals surface area contributed by atoms with Crippen molar-refractivity contribution >= 4 is 39.1 Å². The molecule has 0 aliphatic carbocycles. The van der Waals surface area contributed by atoms with Gasteiger partial charge in [0.25, 0.3) is 5.91 Å². The number of carbonyl (C=O) groups excluding carboxylic acids is 2. The van der Waals surface area contributed by atoms with Gasteiger partial charge in [0.15, 0.2) is 0 Å². The Labute approximate surface area is 247 Å². The molecule has 3 atom stereocenters. The zero-order valence-electron chi connectivity index (χ0n) is 24.2. The SMILES string of the molecule is Cc1ccc(N(CCCN2CC3CN(C(=O)c4c(C)ncnc4C)CC3C2)C(=O)C2CCN(S(C)(=O)=O)C2)cc1Cl. The van der Waals surface area contributed by atoms with Crippen molar-refractivity contribution in [1.29, 1.82) is 0 Å². The monoisotopic (exact) mass is 602 g/mol. The minimum absolute atomic E-state index is 0.0221. The number of rotatable bonds is 8. The third-order valence-corrected chi connectivity index (χ3v) is 10.5. The summed E-state index contributed by atoms with van der Waals surface area (Å²) in [6, 6.07) is 5.65. The van der Waals surface area contributed by atoms with E-state index in [2.05, 4.69) is 14.9 Å². The molecule has 3 aliphatic rings. The van der Waals surface area contributed by atoms with Crippen molar-refractivity contribution in [1.82, 2.24) is 24.1 Å². The number of carbonyl (C=O) groups is 2. The largest absolute Gasteiger partial charge is 0.338 e. The highest BCUT2D eigenvalue weighted by molar-refractivity contribution is 7.88. The highest BCUT2D eigenvalue weighted by atomic mass is 35.5. The van der Waals surface area contributed by atoms with Crippen molar-refractivity contribution in [2.24, 2.45) is 17.8 Å². The number of hydrogen-bond acceptors (Lipinski definition) is 7. The standard InChI is InChI=1S/C29H39ClN6O4S/c1-19-6-7-25(12-26(19)30)36(28(37)22-8-11-35(17-22)41(4,39)40)10-5-9-33-13-23-15-34(16-24(23)14-33)29(38)27-20(2)31-18-32-21(27)3/h6-7,12,18,22-24H,5,8-11,13-17H2,1-4H3. The first kappa shape index (κ1) is 29.9. The van der Waals surface area contributed by atoms with Gasteiger partial charge in [-0.2, -0.15) is 0 Å². The lowest BCUT2D eigenvalue weighted by Crippen LogP contribution is -2.40. The van der Waals surface area contributed by atoms with Crippen molar-refractivity contribution < 1.29 is 18.0 Å². The number of aromatic nitrogens is 2. The van der Waals surface area contributed by atoms with Crippen LogP contribution in [0.2, 0.25) is 5.02 Å². The van der Waals surface area contributed by atoms with Gasteiger partial charge in [0, 0.05) is 56.5 Å². The van der Waals surface area contributed by atoms with Crippen LogP contribution in [0.1, 0.15) is 40.2 Å². The summed E-state index contributed by atoms with van der Waals surface area (Å²) in [5.41, 5.74) is 3.74. The molecule has 3 fully saturated rings. The van der Waals surface area contributed by atoms with Gasteiger partial charge in [0.05, 0.1) is 29.1 Å². The van der Waals surface area contributed by atoms with Gasteiger partial charge in [-0.25, -0.2) is 22.7 Å². The van der Waals surface area contributed by atoms with Gasteiger partial charge in [0.1, 0.15) is 6.33 Å². The Bertz CT molecular complexity index is 1400. The first-order valence-corrected chi connectivity index (χ1v) is 16.5. The summed E-state index contributed by atoms with van der Waals surface area (Å²) in [5, 5.41) is 0.600. The quantitative estimate of drug-likeness (QED) is 0.457. The Morgan fingerprint density at radius 1 is 1.02 bits per heavy atom. The van der Waals surface area contributed by atoms with Crippen LogP contribution < -0.4 is 4.90 Å². The molecule has 222 valence electrons. The van der Waals surface area contributed by atoms with E-state index in [4.69, 9.17) is 11.6 Å². The van der Waals surface area contributed by atoms with E-state index >= 15 is 0 Å². The van der Waals surface area contributed by atoms with Crippen molar-refractivity contribution in [2.45, 2.75) is 33.6 Å². The number of likely N-dealkylation sites (tertiary alicyclic amines) is 2. The molecule has 3 aliphatic heterocycles. The first-order valence-electron chi connectivity index (χ1n) is 14.2. The van der Waals surface area contributed by atoms with Crippen LogP contribution in [0.3, 0.4) is 0 Å². The topological polar surface area (TPSA) is 107 Å². The zero-order chi connectivity index (χ0) is 29.5. The van der Waals surface area contributed by atoms with Crippen LogP contribution in [0.4, 0.5) is 5.69 Å². The zero-order valence-corrected chi connectivity index (χ0v) is 25.8. The van der Waals surface area contributed by atoms with Crippen LogP contribution in [0.15, 0.2) is 24.5 Å². The number of hydrogen-bond donors (Lipinski definition) is 0. The van der Waals surface area contributed by atoms with E-state index in [-0.39, 0.29) is 24.3 Å². The molecule has 12 heteroatoms. The lowest BCUT2D eigenvalue weighted by atomic mass is 10.0. The average molecular weight is 603 g/mol. The fraction of sp³-hybridized carbons (Fsp3) is 0.586. The summed E-state index contributed by atoms with van der Waals surface area (Å²) >= 11 is 6.42. The van der Waals surface area contributed by atoms with Gasteiger partial charge in [-0.3, -0.25) is 9.59 Å². The maximum atomic E-state index is 13.7. The molecule has 0 bridgehead atoms. The van der Waals surface area contributed by atoms with Crippen LogP contribution in [-0.4, -0.2) is 103 Å². The lowest BCUT2D eigenvalue weighted by molar-refractivity contribution is -0.121. The molecule has 3 unspecified atom stereocenters. The summed E-state index contributed by atoms with van der Waals surface area (Å²) in [5.74, 6) is 0.450. The molecule has 10 nitrogen and oxygen atoms in total. The molecule has 0 saturated carbocycles. The number of anilines is 1. The third kappa shape index (κ3) is 6.43. The van der Waals surface area contributed by atoms with Gasteiger partial charge in [0.2, 0.25) is 15.9 Å². The molecule has 0 N–H and O–H groups in total. The predicted octanol–water partition coefficient (Wildman–Crippen LogP) is 2.76. The van der Waals surface area contributed by atoms with Gasteiger partial charge >= 0.3 is 0 Å². The molecule has 41 heavy (non-hydrogen) atoms. The molecular formula is C29H39ClN6O4S. The molecule has 3 saturated heterocycles. The second kappa shape index (κ2) is 11.9. The minimum atomic E-state index is -3.33. The van der Waals surface area contributed by atoms with E-state index in [1.165, 1.54) is 16.9 Å². The van der Waals surface area contributed by atoms with Gasteiger partial charge in [-0.1, -0.05) is 17.7 Å². The number of halogens is 1. The van der Waals surface area contributed by atoms with Crippen LogP contribution in [0.25, 0.3) is 0 Å². The van der Waals surface area contributed by atoms with E-state index in [1.807, 2.05) is 43.9 Å². The normalized spacial score (nSPS) is 23.2. The van der Waals surface area contributed by atoms with E-state index < -0.39 is 10.0 Å². The Kier molecular flexibility index (Phi) is 8.71. The average Bonchev–Trinajstić information content (AvgIpc) is 3.63. The van der Waals surface area contributed by atoms with E-state index in [1.54, 1.807) is 4.90 Å². The highest BCUT2D eigenvalue weighted by Gasteiger charge is 2.42. The van der Waals surface area contributed by atoms with E-state index in [0.29, 0.717) is 41.9 Å². The highest BCUT2D eigenvalue weighted by Crippen LogP contribution is 2.33. The number of amides is 2. The van der Waals surface area contributed by atoms with Gasteiger partial charge < -0.3 is 14.7 Å². The van der Waals surface area contributed by atoms with Crippen molar-refractivity contribution in [3.63, 3.8) is 0 Å². The summed E-state index contributed by atoms with van der Waals surface area (Å²) in [4.78, 5) is 41.5. The smallest absolute Gasteiger partial charge is 0.257 e. The number of fused-ring (bicyclic) bond motifs is 1. The number of sulfonamides is 1. The van der Waals surface area contributed by atoms with Crippen LogP contribution in [0, 0.1) is 38.5 Å². The molecule has 1 aromatic heterocycles. The maximum absolute atomic E-state index is 13.7. The summed E-state index contributed by atoms with van der Waals surface area (Å²) < 4.78 is 25.5. The third-order valence-electron chi connectivity index (χ3n) is 8.85. The molecule has 2 amide bonds. The number of benzene rings is 1. The molecule has 2 aromatic rings. The second-order valence-electron chi connectivity index (χ2n) is 11.8. The van der Waals surface area contributed by atoms with Crippen molar-refractivity contribution in [3.05, 3.63) is 52.1 Å². The van der Waals surface area contributed by atoms with Gasteiger partial charge in [-0.05, 0) is 69.7 Å². The first-order chi connectivity index (χ1) is 19.4. The fourth-order valence-corrected chi connectivity index (χ4v) is 7.58. The second-order valence-corrected chi connectivity index (χ2v) is 14.2. The summed E-state index contributed by atoms with van der Waals surface area (Å²) in [7, 11) is -3.33. The van der Waals surface area contributed by atoms with Crippen LogP contribution in [-0.2, 0) is 14.8 Å². The van der Waals surface area contributed by atoms with Crippen molar-refractivity contribution in [3.8, 4) is 0 Å². The van der Waals surface area contributed by atoms with E-state index in [0.717, 1.165) is 61.8 Å². The van der Waals surface area contributed by atoms with Crippen LogP contribution in [0.5, 0.6) is 0 Å². The Balaban J connectivity index is 1.19. The Hall–Kier alpha value is -2.60. The molecule has 5 rings (SSSR count). The minimum Gasteiger partial charge on any atom is -0.338 e. The fourth-order valence-electron chi connectivity index (χ4n) is 6.52. The lowest BCUT2D eigenvalue weighted by Gasteiger charge is -2.28. The summed E-state index contributed by atoms with van der Waals surface area (Å²) in [6.07, 6.45) is 3.98. The van der Waals surface area contributed by atoms with Crippen LogP contribution >= 0.6 is 11.6 Å². The molecule has 4 heterocycles. The number of aryl methyl sites for hydroxylation is 3. The molecule has 0 spiro atoms. The molecular weight excluding hydrogens is 564 g/mol. The Morgan fingerprint density at radius 2 is 1.68 bits per heavy atom. The molecule has 1 aromatic carbocycles. The Morgan fingerprint density at radius 3 is 2.27 bits per heavy atom.